The maximum absolute atomic E-state index is 11.0. The van der Waals surface area contributed by atoms with Crippen molar-refractivity contribution in [1.29, 1.82) is 0 Å². The number of hydrogen-bond acceptors (Lipinski definition) is 4. The molecule has 0 saturated carbocycles. The van der Waals surface area contributed by atoms with Gasteiger partial charge < -0.3 is 13.9 Å². The van der Waals surface area contributed by atoms with E-state index in [-0.39, 0.29) is 29.7 Å². The van der Waals surface area contributed by atoms with Crippen molar-refractivity contribution < 1.29 is 35.0 Å². The number of rotatable bonds is 8. The summed E-state index contributed by atoms with van der Waals surface area (Å²) in [5.41, 5.74) is 0. The Kier molecular flexibility index (Phi) is 12.3. The number of phosphoric ester groups is 1. The maximum atomic E-state index is 11.0. The van der Waals surface area contributed by atoms with Crippen LogP contribution < -0.4 is 4.89 Å². The third kappa shape index (κ3) is 10.7. The molecule has 0 saturated heterocycles. The van der Waals surface area contributed by atoms with Gasteiger partial charge in [0.1, 0.15) is 0 Å². The summed E-state index contributed by atoms with van der Waals surface area (Å²) in [5, 5.41) is 0. The van der Waals surface area contributed by atoms with E-state index in [1.165, 1.54) is 0 Å². The van der Waals surface area contributed by atoms with Crippen molar-refractivity contribution in [3.05, 3.63) is 0 Å². The molecule has 0 fully saturated rings. The largest absolute Gasteiger partial charge is 0.756 e. The third-order valence-corrected chi connectivity index (χ3v) is 2.49. The molecule has 0 bridgehead atoms. The fourth-order valence-electron chi connectivity index (χ4n) is 0.679. The molecule has 0 aromatic rings. The summed E-state index contributed by atoms with van der Waals surface area (Å²) in [6.07, 6.45) is 3.30. The van der Waals surface area contributed by atoms with Crippen molar-refractivity contribution in [2.24, 2.45) is 0 Å². The fourth-order valence-corrected chi connectivity index (χ4v) is 1.46. The van der Waals surface area contributed by atoms with Crippen molar-refractivity contribution in [2.75, 3.05) is 13.2 Å². The van der Waals surface area contributed by atoms with Crippen LogP contribution in [0.2, 0.25) is 0 Å². The molecule has 0 aromatic carbocycles. The van der Waals surface area contributed by atoms with E-state index in [9.17, 15) is 9.46 Å². The van der Waals surface area contributed by atoms with E-state index in [0.717, 1.165) is 25.7 Å². The summed E-state index contributed by atoms with van der Waals surface area (Å²) in [7, 11) is -4.00. The van der Waals surface area contributed by atoms with Crippen LogP contribution in [-0.4, -0.2) is 13.2 Å². The van der Waals surface area contributed by atoms with Crippen LogP contribution in [0.3, 0.4) is 0 Å². The van der Waals surface area contributed by atoms with Crippen LogP contribution in [0.4, 0.5) is 0 Å². The van der Waals surface area contributed by atoms with E-state index >= 15 is 0 Å². The summed E-state index contributed by atoms with van der Waals surface area (Å²) >= 11 is 0. The Morgan fingerprint density at radius 1 is 1.07 bits per heavy atom. The van der Waals surface area contributed by atoms with Crippen molar-refractivity contribution in [2.45, 2.75) is 39.5 Å². The second-order valence-electron chi connectivity index (χ2n) is 2.82. The normalized spacial score (nSPS) is 11.1. The van der Waals surface area contributed by atoms with Gasteiger partial charge >= 0.3 is 0 Å². The zero-order valence-electron chi connectivity index (χ0n) is 8.64. The number of unbranched alkanes of at least 4 members (excludes halogenated alkanes) is 2. The van der Waals surface area contributed by atoms with Gasteiger partial charge in [-0.25, -0.2) is 0 Å². The molecule has 0 radical (unpaired) electrons. The van der Waals surface area contributed by atoms with Crippen molar-refractivity contribution in [3.8, 4) is 0 Å². The van der Waals surface area contributed by atoms with Gasteiger partial charge in [0, 0.05) is 16.5 Å². The van der Waals surface area contributed by atoms with E-state index < -0.39 is 7.82 Å². The average Bonchev–Trinajstić information content (AvgIpc) is 2.05. The van der Waals surface area contributed by atoms with Crippen LogP contribution >= 0.6 is 7.82 Å². The zero-order valence-corrected chi connectivity index (χ0v) is 10.5. The van der Waals surface area contributed by atoms with Gasteiger partial charge in [-0.2, -0.15) is 0 Å². The first-order valence-electron chi connectivity index (χ1n) is 4.72. The molecule has 0 N–H and O–H groups in total. The molecule has 0 rings (SSSR count). The third-order valence-electron chi connectivity index (χ3n) is 1.49. The summed E-state index contributed by atoms with van der Waals surface area (Å²) in [6.45, 7) is 4.39. The van der Waals surface area contributed by atoms with Crippen LogP contribution in [0, 0.1) is 0 Å². The smallest absolute Gasteiger partial charge is 0.267 e. The van der Waals surface area contributed by atoms with E-state index in [1.54, 1.807) is 0 Å². The van der Waals surface area contributed by atoms with Crippen LogP contribution in [0.15, 0.2) is 0 Å². The van der Waals surface area contributed by atoms with Gasteiger partial charge in [0.05, 0.1) is 13.2 Å². The molecule has 90 valence electrons. The zero-order chi connectivity index (χ0) is 10.2. The SMILES string of the molecule is CCCCOP(=O)([O-])OCCCC.[Ni]. The van der Waals surface area contributed by atoms with E-state index in [4.69, 9.17) is 0 Å². The van der Waals surface area contributed by atoms with E-state index in [1.807, 2.05) is 13.8 Å². The Hall–Kier alpha value is 0.604. The molecule has 0 aliphatic carbocycles. The summed E-state index contributed by atoms with van der Waals surface area (Å²) in [5.74, 6) is 0. The van der Waals surface area contributed by atoms with Crippen molar-refractivity contribution in [1.82, 2.24) is 0 Å². The Bertz CT molecular complexity index is 151. The molecule has 0 atom stereocenters. The minimum atomic E-state index is -4.00. The standard InChI is InChI=1S/C8H19O4P.Ni/c1-3-5-7-11-13(9,10)12-8-6-4-2;/h3-8H2,1-2H3,(H,9,10);/p-1. The van der Waals surface area contributed by atoms with Crippen molar-refractivity contribution in [3.63, 3.8) is 0 Å². The molecular formula is C8H18NiO4P-. The first-order valence-corrected chi connectivity index (χ1v) is 6.18. The van der Waals surface area contributed by atoms with Crippen LogP contribution in [0.5, 0.6) is 0 Å². The molecule has 0 heterocycles. The van der Waals surface area contributed by atoms with Gasteiger partial charge in [0.15, 0.2) is 0 Å². The first kappa shape index (κ1) is 17.0. The number of hydrogen-bond donors (Lipinski definition) is 0. The number of phosphoric acid groups is 1. The summed E-state index contributed by atoms with van der Waals surface area (Å²) < 4.78 is 20.2. The molecule has 6 heteroatoms. The molecule has 0 amide bonds. The van der Waals surface area contributed by atoms with Crippen LogP contribution in [-0.2, 0) is 30.1 Å². The van der Waals surface area contributed by atoms with Gasteiger partial charge in [-0.3, -0.25) is 4.57 Å². The average molecular weight is 268 g/mol. The van der Waals surface area contributed by atoms with Crippen LogP contribution in [0.25, 0.3) is 0 Å². The van der Waals surface area contributed by atoms with E-state index in [2.05, 4.69) is 9.05 Å². The molecule has 0 aromatic heterocycles. The van der Waals surface area contributed by atoms with Gasteiger partial charge in [-0.15, -0.1) is 0 Å². The summed E-state index contributed by atoms with van der Waals surface area (Å²) in [6, 6.07) is 0. The fraction of sp³-hybridized carbons (Fsp3) is 1.00. The molecule has 4 nitrogen and oxygen atoms in total. The van der Waals surface area contributed by atoms with Gasteiger partial charge in [0.2, 0.25) is 0 Å². The van der Waals surface area contributed by atoms with Gasteiger partial charge in [-0.05, 0) is 12.8 Å². The molecule has 0 unspecified atom stereocenters. The van der Waals surface area contributed by atoms with Crippen LogP contribution in [0.1, 0.15) is 39.5 Å². The predicted molar refractivity (Wildman–Crippen MR) is 49.3 cm³/mol. The maximum Gasteiger partial charge on any atom is 0.267 e. The monoisotopic (exact) mass is 267 g/mol. The predicted octanol–water partition coefficient (Wildman–Crippen LogP) is 2.09. The Labute approximate surface area is 95.9 Å². The summed E-state index contributed by atoms with van der Waals surface area (Å²) in [4.78, 5) is 11.0. The second kappa shape index (κ2) is 10.1. The second-order valence-corrected chi connectivity index (χ2v) is 4.23. The Morgan fingerprint density at radius 3 is 1.71 bits per heavy atom. The minimum Gasteiger partial charge on any atom is -0.756 e. The topological polar surface area (TPSA) is 58.6 Å². The Balaban J connectivity index is 0. The van der Waals surface area contributed by atoms with Crippen molar-refractivity contribution >= 4 is 7.82 Å². The Morgan fingerprint density at radius 2 is 1.43 bits per heavy atom. The molecular weight excluding hydrogens is 250 g/mol. The molecule has 14 heavy (non-hydrogen) atoms. The van der Waals surface area contributed by atoms with E-state index in [0.29, 0.717) is 0 Å². The molecule has 0 spiro atoms. The molecule has 0 aliphatic rings. The van der Waals surface area contributed by atoms with Gasteiger partial charge in [0.25, 0.3) is 7.82 Å². The van der Waals surface area contributed by atoms with Gasteiger partial charge in [-0.1, -0.05) is 26.7 Å². The first-order chi connectivity index (χ1) is 6.12. The minimum absolute atomic E-state index is 0. The quantitative estimate of drug-likeness (QED) is 0.384. The molecule has 0 aliphatic heterocycles.